The van der Waals surface area contributed by atoms with Gasteiger partial charge in [0.2, 0.25) is 0 Å². The van der Waals surface area contributed by atoms with Crippen molar-refractivity contribution in [1.29, 1.82) is 0 Å². The van der Waals surface area contributed by atoms with Crippen LogP contribution < -0.4 is 4.74 Å². The molecule has 0 bridgehead atoms. The molecule has 4 rings (SSSR count). The Morgan fingerprint density at radius 2 is 1.80 bits per heavy atom. The summed E-state index contributed by atoms with van der Waals surface area (Å²) in [6.45, 7) is 4.45. The van der Waals surface area contributed by atoms with Gasteiger partial charge in [-0.2, -0.15) is 0 Å². The molecule has 0 aromatic heterocycles. The maximum Gasteiger partial charge on any atom is 0.333 e. The highest BCUT2D eigenvalue weighted by Gasteiger charge is 2.42. The van der Waals surface area contributed by atoms with Crippen molar-refractivity contribution < 1.29 is 19.1 Å². The van der Waals surface area contributed by atoms with Gasteiger partial charge in [0.25, 0.3) is 5.91 Å². The van der Waals surface area contributed by atoms with Crippen LogP contribution in [0.4, 0.5) is 0 Å². The molecule has 178 valence electrons. The van der Waals surface area contributed by atoms with E-state index in [4.69, 9.17) is 21.7 Å². The van der Waals surface area contributed by atoms with E-state index < -0.39 is 12.0 Å². The summed E-state index contributed by atoms with van der Waals surface area (Å²) >= 11 is 6.69. The van der Waals surface area contributed by atoms with E-state index in [1.165, 1.54) is 22.2 Å². The molecular weight excluding hydrogens is 478 g/mol. The Bertz CT molecular complexity index is 1270. The number of nitrogens with zero attached hydrogens (tertiary/aromatic N) is 1. The van der Waals surface area contributed by atoms with Gasteiger partial charge >= 0.3 is 5.97 Å². The minimum atomic E-state index is -0.932. The van der Waals surface area contributed by atoms with E-state index in [9.17, 15) is 9.59 Å². The van der Waals surface area contributed by atoms with Crippen LogP contribution >= 0.6 is 24.0 Å². The lowest BCUT2D eigenvalue weighted by Crippen LogP contribution is -2.38. The third-order valence-electron chi connectivity index (χ3n) is 5.52. The molecule has 1 atom stereocenters. The second-order valence-electron chi connectivity index (χ2n) is 7.90. The number of carbonyl (C=O) groups is 2. The third kappa shape index (κ3) is 5.81. The summed E-state index contributed by atoms with van der Waals surface area (Å²) in [7, 11) is 0. The Morgan fingerprint density at radius 1 is 1.06 bits per heavy atom. The number of rotatable bonds is 8. The van der Waals surface area contributed by atoms with E-state index in [1.54, 1.807) is 25.1 Å². The fourth-order valence-corrected chi connectivity index (χ4v) is 5.04. The Morgan fingerprint density at radius 3 is 2.54 bits per heavy atom. The first-order valence-electron chi connectivity index (χ1n) is 11.2. The number of amides is 1. The van der Waals surface area contributed by atoms with Gasteiger partial charge in [0.05, 0.1) is 11.5 Å². The molecule has 0 radical (unpaired) electrons. The summed E-state index contributed by atoms with van der Waals surface area (Å²) in [5, 5.41) is 0. The number of thiocarbonyl (C=S) groups is 1. The first-order valence-corrected chi connectivity index (χ1v) is 12.5. The second-order valence-corrected chi connectivity index (χ2v) is 9.58. The highest BCUT2D eigenvalue weighted by atomic mass is 32.2. The lowest BCUT2D eigenvalue weighted by atomic mass is 10.1. The molecule has 1 fully saturated rings. The average molecular weight is 504 g/mol. The van der Waals surface area contributed by atoms with Gasteiger partial charge < -0.3 is 9.47 Å². The molecule has 0 spiro atoms. The standard InChI is InChI=1S/C28H25NO4S2/c1-3-32-27(31)25(21-12-5-4-6-13-21)29-26(30)24(35-28(29)34)17-20-11-9-15-23(16-20)33-18-22-14-8-7-10-19(22)2/h4-17,25H,3,18H2,1-2H3/b24-17+. The van der Waals surface area contributed by atoms with Gasteiger partial charge in [-0.25, -0.2) is 4.79 Å². The summed E-state index contributed by atoms with van der Waals surface area (Å²) in [4.78, 5) is 28.0. The van der Waals surface area contributed by atoms with Crippen LogP contribution in [0.25, 0.3) is 6.08 Å². The monoisotopic (exact) mass is 503 g/mol. The van der Waals surface area contributed by atoms with Gasteiger partial charge in [0, 0.05) is 0 Å². The number of carbonyl (C=O) groups excluding carboxylic acids is 2. The quantitative estimate of drug-likeness (QED) is 0.211. The Balaban J connectivity index is 1.56. The number of hydrogen-bond acceptors (Lipinski definition) is 6. The van der Waals surface area contributed by atoms with Crippen molar-refractivity contribution in [3.8, 4) is 5.75 Å². The van der Waals surface area contributed by atoms with Crippen LogP contribution in [0.1, 0.15) is 35.2 Å². The Hall–Kier alpha value is -3.42. The zero-order chi connectivity index (χ0) is 24.8. The minimum Gasteiger partial charge on any atom is -0.489 e. The summed E-state index contributed by atoms with van der Waals surface area (Å²) in [5.41, 5.74) is 3.74. The maximum absolute atomic E-state index is 13.4. The van der Waals surface area contributed by atoms with Crippen molar-refractivity contribution in [2.75, 3.05) is 6.61 Å². The van der Waals surface area contributed by atoms with Crippen LogP contribution in [0.5, 0.6) is 5.75 Å². The smallest absolute Gasteiger partial charge is 0.333 e. The predicted molar refractivity (Wildman–Crippen MR) is 143 cm³/mol. The molecule has 0 saturated carbocycles. The van der Waals surface area contributed by atoms with Gasteiger partial charge in [0.1, 0.15) is 16.7 Å². The van der Waals surface area contributed by atoms with Crippen LogP contribution in [-0.2, 0) is 20.9 Å². The van der Waals surface area contributed by atoms with E-state index in [2.05, 4.69) is 13.0 Å². The van der Waals surface area contributed by atoms with E-state index >= 15 is 0 Å². The largest absolute Gasteiger partial charge is 0.489 e. The van der Waals surface area contributed by atoms with E-state index in [1.807, 2.05) is 60.7 Å². The van der Waals surface area contributed by atoms with Crippen molar-refractivity contribution in [2.45, 2.75) is 26.5 Å². The fraction of sp³-hybridized carbons (Fsp3) is 0.179. The molecule has 1 saturated heterocycles. The van der Waals surface area contributed by atoms with Crippen molar-refractivity contribution >= 4 is 46.3 Å². The molecular formula is C28H25NO4S2. The van der Waals surface area contributed by atoms with Crippen LogP contribution in [0, 0.1) is 6.92 Å². The number of thioether (sulfide) groups is 1. The summed E-state index contributed by atoms with van der Waals surface area (Å²) < 4.78 is 11.6. The molecule has 1 amide bonds. The van der Waals surface area contributed by atoms with Gasteiger partial charge in [-0.15, -0.1) is 0 Å². The first-order chi connectivity index (χ1) is 17.0. The molecule has 1 unspecified atom stereocenters. The van der Waals surface area contributed by atoms with E-state index in [0.29, 0.717) is 27.1 Å². The molecule has 0 aliphatic carbocycles. The Kier molecular flexibility index (Phi) is 8.00. The van der Waals surface area contributed by atoms with Gasteiger partial charge in [-0.1, -0.05) is 90.7 Å². The highest BCUT2D eigenvalue weighted by molar-refractivity contribution is 8.26. The molecule has 1 aliphatic rings. The highest BCUT2D eigenvalue weighted by Crippen LogP contribution is 2.39. The van der Waals surface area contributed by atoms with Gasteiger partial charge in [-0.05, 0) is 54.3 Å². The molecule has 1 heterocycles. The number of benzene rings is 3. The summed E-state index contributed by atoms with van der Waals surface area (Å²) in [5.74, 6) is -0.137. The van der Waals surface area contributed by atoms with E-state index in [0.717, 1.165) is 11.1 Å². The first kappa shape index (κ1) is 24.7. The van der Waals surface area contributed by atoms with Crippen molar-refractivity contribution in [3.63, 3.8) is 0 Å². The van der Waals surface area contributed by atoms with Crippen LogP contribution in [0.2, 0.25) is 0 Å². The zero-order valence-electron chi connectivity index (χ0n) is 19.5. The maximum atomic E-state index is 13.4. The average Bonchev–Trinajstić information content (AvgIpc) is 3.13. The number of hydrogen-bond donors (Lipinski definition) is 0. The number of esters is 1. The molecule has 1 aliphatic heterocycles. The molecule has 3 aromatic carbocycles. The number of aryl methyl sites for hydroxylation is 1. The SMILES string of the molecule is CCOC(=O)C(c1ccccc1)N1C(=O)/C(=C\c2cccc(OCc3ccccc3C)c2)SC1=S. The topological polar surface area (TPSA) is 55.8 Å². The fourth-order valence-electron chi connectivity index (χ4n) is 3.73. The normalized spacial score (nSPS) is 15.4. The van der Waals surface area contributed by atoms with E-state index in [-0.39, 0.29) is 12.5 Å². The minimum absolute atomic E-state index is 0.210. The summed E-state index contributed by atoms with van der Waals surface area (Å²) in [6.07, 6.45) is 1.77. The predicted octanol–water partition coefficient (Wildman–Crippen LogP) is 6.08. The molecule has 35 heavy (non-hydrogen) atoms. The molecule has 5 nitrogen and oxygen atoms in total. The third-order valence-corrected chi connectivity index (χ3v) is 6.85. The lowest BCUT2D eigenvalue weighted by Gasteiger charge is -2.25. The van der Waals surface area contributed by atoms with Gasteiger partial charge in [-0.3, -0.25) is 9.69 Å². The van der Waals surface area contributed by atoms with Crippen molar-refractivity contribution in [1.82, 2.24) is 4.90 Å². The number of ether oxygens (including phenoxy) is 2. The summed E-state index contributed by atoms with van der Waals surface area (Å²) in [6, 6.07) is 23.8. The second kappa shape index (κ2) is 11.3. The van der Waals surface area contributed by atoms with Crippen LogP contribution in [0.3, 0.4) is 0 Å². The van der Waals surface area contributed by atoms with Crippen LogP contribution in [-0.4, -0.2) is 27.7 Å². The zero-order valence-corrected chi connectivity index (χ0v) is 21.1. The van der Waals surface area contributed by atoms with Crippen molar-refractivity contribution in [2.24, 2.45) is 0 Å². The van der Waals surface area contributed by atoms with Crippen molar-refractivity contribution in [3.05, 3.63) is 106 Å². The Labute approximate surface area is 214 Å². The molecule has 3 aromatic rings. The van der Waals surface area contributed by atoms with Crippen LogP contribution in [0.15, 0.2) is 83.8 Å². The lowest BCUT2D eigenvalue weighted by molar-refractivity contribution is -0.151. The molecule has 7 heteroatoms. The van der Waals surface area contributed by atoms with Gasteiger partial charge in [0.15, 0.2) is 6.04 Å². The molecule has 0 N–H and O–H groups in total.